The zero-order chi connectivity index (χ0) is 16.0. The van der Waals surface area contributed by atoms with Crippen LogP contribution in [0.1, 0.15) is 26.1 Å². The van der Waals surface area contributed by atoms with Crippen LogP contribution in [0.25, 0.3) is 11.0 Å². The van der Waals surface area contributed by atoms with E-state index in [1.807, 2.05) is 0 Å². The number of aryl methyl sites for hydroxylation is 1. The Bertz CT molecular complexity index is 697. The average molecular weight is 314 g/mol. The predicted octanol–water partition coefficient (Wildman–Crippen LogP) is 1.70. The molecule has 0 spiro atoms. The summed E-state index contributed by atoms with van der Waals surface area (Å²) in [6, 6.07) is 9.40. The quantitative estimate of drug-likeness (QED) is 0.936. The standard InChI is InChI=1S/C18H26N4O/c1-3-22-17-7-5-4-6-16(17)19-18(22)12-20-10-14-8-15(23)11-21(14)9-13(20)2/h4-7,13-15,23H,3,8-12H2,1-2H3/t13-,14-,15+/m0/s1. The number of hydrogen-bond acceptors (Lipinski definition) is 4. The number of benzene rings is 1. The predicted molar refractivity (Wildman–Crippen MR) is 91.3 cm³/mol. The van der Waals surface area contributed by atoms with Crippen LogP contribution in [-0.2, 0) is 13.1 Å². The highest BCUT2D eigenvalue weighted by molar-refractivity contribution is 5.75. The Morgan fingerprint density at radius 3 is 2.87 bits per heavy atom. The van der Waals surface area contributed by atoms with Crippen molar-refractivity contribution in [1.82, 2.24) is 19.4 Å². The Morgan fingerprint density at radius 2 is 2.04 bits per heavy atom. The molecule has 5 nitrogen and oxygen atoms in total. The molecule has 3 heterocycles. The van der Waals surface area contributed by atoms with Gasteiger partial charge in [-0.3, -0.25) is 9.80 Å². The van der Waals surface area contributed by atoms with Crippen molar-refractivity contribution in [2.75, 3.05) is 19.6 Å². The van der Waals surface area contributed by atoms with Gasteiger partial charge in [-0.1, -0.05) is 12.1 Å². The number of piperazine rings is 1. The van der Waals surface area contributed by atoms with Crippen molar-refractivity contribution in [2.24, 2.45) is 0 Å². The molecule has 1 aromatic heterocycles. The maximum atomic E-state index is 9.92. The molecule has 2 aromatic rings. The Kier molecular flexibility index (Phi) is 3.87. The molecule has 3 atom stereocenters. The maximum absolute atomic E-state index is 9.92. The van der Waals surface area contributed by atoms with Crippen molar-refractivity contribution in [3.63, 3.8) is 0 Å². The van der Waals surface area contributed by atoms with Gasteiger partial charge in [0.05, 0.1) is 23.7 Å². The van der Waals surface area contributed by atoms with E-state index < -0.39 is 0 Å². The van der Waals surface area contributed by atoms with Gasteiger partial charge in [0.1, 0.15) is 5.82 Å². The van der Waals surface area contributed by atoms with Crippen molar-refractivity contribution in [1.29, 1.82) is 0 Å². The van der Waals surface area contributed by atoms with Crippen molar-refractivity contribution in [3.8, 4) is 0 Å². The van der Waals surface area contributed by atoms with Gasteiger partial charge >= 0.3 is 0 Å². The molecule has 124 valence electrons. The lowest BCUT2D eigenvalue weighted by molar-refractivity contribution is 0.0505. The molecule has 2 saturated heterocycles. The zero-order valence-electron chi connectivity index (χ0n) is 14.0. The van der Waals surface area contributed by atoms with E-state index in [1.54, 1.807) is 0 Å². The van der Waals surface area contributed by atoms with Gasteiger partial charge in [-0.25, -0.2) is 4.98 Å². The second-order valence-corrected chi connectivity index (χ2v) is 7.04. The van der Waals surface area contributed by atoms with Crippen LogP contribution in [0.3, 0.4) is 0 Å². The first kappa shape index (κ1) is 15.1. The SMILES string of the molecule is CCn1c(CN2C[C@@H]3C[C@@H](O)CN3C[C@@H]2C)nc2ccccc21. The van der Waals surface area contributed by atoms with Crippen LogP contribution in [-0.4, -0.2) is 62.3 Å². The van der Waals surface area contributed by atoms with E-state index in [2.05, 4.69) is 52.5 Å². The summed E-state index contributed by atoms with van der Waals surface area (Å²) >= 11 is 0. The molecule has 0 radical (unpaired) electrons. The number of aliphatic hydroxyl groups excluding tert-OH is 1. The summed E-state index contributed by atoms with van der Waals surface area (Å²) in [4.78, 5) is 9.86. The van der Waals surface area contributed by atoms with Crippen molar-refractivity contribution >= 4 is 11.0 Å². The number of hydrogen-bond donors (Lipinski definition) is 1. The van der Waals surface area contributed by atoms with Crippen LogP contribution in [0.15, 0.2) is 24.3 Å². The van der Waals surface area contributed by atoms with Gasteiger partial charge in [0, 0.05) is 38.3 Å². The van der Waals surface area contributed by atoms with Gasteiger partial charge in [0.25, 0.3) is 0 Å². The van der Waals surface area contributed by atoms with Crippen LogP contribution < -0.4 is 0 Å². The molecule has 4 rings (SSSR count). The van der Waals surface area contributed by atoms with Gasteiger partial charge < -0.3 is 9.67 Å². The highest BCUT2D eigenvalue weighted by Gasteiger charge is 2.38. The van der Waals surface area contributed by atoms with Gasteiger partial charge in [-0.15, -0.1) is 0 Å². The summed E-state index contributed by atoms with van der Waals surface area (Å²) in [7, 11) is 0. The van der Waals surface area contributed by atoms with Crippen molar-refractivity contribution in [2.45, 2.75) is 51.5 Å². The topological polar surface area (TPSA) is 44.5 Å². The molecule has 2 aliphatic heterocycles. The van der Waals surface area contributed by atoms with Gasteiger partial charge in [-0.2, -0.15) is 0 Å². The maximum Gasteiger partial charge on any atom is 0.124 e. The first-order valence-corrected chi connectivity index (χ1v) is 8.76. The minimum atomic E-state index is -0.146. The number of para-hydroxylation sites is 2. The third kappa shape index (κ3) is 2.67. The lowest BCUT2D eigenvalue weighted by Crippen LogP contribution is -2.54. The fourth-order valence-electron chi connectivity index (χ4n) is 4.28. The molecule has 2 aliphatic rings. The molecule has 0 aliphatic carbocycles. The lowest BCUT2D eigenvalue weighted by Gasteiger charge is -2.41. The number of rotatable bonds is 3. The third-order valence-electron chi connectivity index (χ3n) is 5.47. The van der Waals surface area contributed by atoms with E-state index in [9.17, 15) is 5.11 Å². The molecule has 0 amide bonds. The van der Waals surface area contributed by atoms with E-state index in [0.717, 1.165) is 50.5 Å². The third-order valence-corrected chi connectivity index (χ3v) is 5.47. The normalized spacial score (nSPS) is 29.3. The van der Waals surface area contributed by atoms with E-state index in [4.69, 9.17) is 4.98 Å². The Morgan fingerprint density at radius 1 is 1.22 bits per heavy atom. The van der Waals surface area contributed by atoms with Gasteiger partial charge in [0.15, 0.2) is 0 Å². The second kappa shape index (κ2) is 5.89. The molecule has 0 bridgehead atoms. The smallest absolute Gasteiger partial charge is 0.124 e. The molecule has 5 heteroatoms. The second-order valence-electron chi connectivity index (χ2n) is 7.04. The minimum absolute atomic E-state index is 0.146. The summed E-state index contributed by atoms with van der Waals surface area (Å²) < 4.78 is 2.33. The molecule has 0 unspecified atom stereocenters. The first-order chi connectivity index (χ1) is 11.2. The van der Waals surface area contributed by atoms with Crippen LogP contribution in [0, 0.1) is 0 Å². The van der Waals surface area contributed by atoms with Crippen LogP contribution in [0.2, 0.25) is 0 Å². The summed E-state index contributed by atoms with van der Waals surface area (Å²) in [6.07, 6.45) is 0.764. The highest BCUT2D eigenvalue weighted by Crippen LogP contribution is 2.26. The lowest BCUT2D eigenvalue weighted by atomic mass is 10.1. The Labute approximate surface area is 137 Å². The molecule has 23 heavy (non-hydrogen) atoms. The van der Waals surface area contributed by atoms with Crippen LogP contribution >= 0.6 is 0 Å². The number of aliphatic hydroxyl groups is 1. The van der Waals surface area contributed by atoms with E-state index in [1.165, 1.54) is 5.52 Å². The Balaban J connectivity index is 1.58. The molecule has 2 fully saturated rings. The van der Waals surface area contributed by atoms with Gasteiger partial charge in [0.2, 0.25) is 0 Å². The average Bonchev–Trinajstić information content (AvgIpc) is 3.06. The Hall–Kier alpha value is -1.43. The summed E-state index contributed by atoms with van der Waals surface area (Å²) in [6.45, 7) is 9.25. The van der Waals surface area contributed by atoms with E-state index >= 15 is 0 Å². The molecule has 1 N–H and O–H groups in total. The monoisotopic (exact) mass is 314 g/mol. The van der Waals surface area contributed by atoms with E-state index in [-0.39, 0.29) is 6.10 Å². The number of fused-ring (bicyclic) bond motifs is 2. The van der Waals surface area contributed by atoms with E-state index in [0.29, 0.717) is 12.1 Å². The van der Waals surface area contributed by atoms with Crippen molar-refractivity contribution in [3.05, 3.63) is 30.1 Å². The minimum Gasteiger partial charge on any atom is -0.392 e. The molecule has 0 saturated carbocycles. The molecular formula is C18H26N4O. The number of imidazole rings is 1. The molecule has 1 aromatic carbocycles. The first-order valence-electron chi connectivity index (χ1n) is 8.76. The largest absolute Gasteiger partial charge is 0.392 e. The zero-order valence-corrected chi connectivity index (χ0v) is 14.0. The van der Waals surface area contributed by atoms with Gasteiger partial charge in [-0.05, 0) is 32.4 Å². The number of aromatic nitrogens is 2. The fraction of sp³-hybridized carbons (Fsp3) is 0.611. The highest BCUT2D eigenvalue weighted by atomic mass is 16.3. The molecular weight excluding hydrogens is 288 g/mol. The number of nitrogens with zero attached hydrogens (tertiary/aromatic N) is 4. The summed E-state index contributed by atoms with van der Waals surface area (Å²) in [5.41, 5.74) is 2.32. The fourth-order valence-corrected chi connectivity index (χ4v) is 4.28. The summed E-state index contributed by atoms with van der Waals surface area (Å²) in [5, 5.41) is 9.92. The summed E-state index contributed by atoms with van der Waals surface area (Å²) in [5.74, 6) is 1.16. The van der Waals surface area contributed by atoms with Crippen LogP contribution in [0.4, 0.5) is 0 Å². The van der Waals surface area contributed by atoms with Crippen LogP contribution in [0.5, 0.6) is 0 Å². The van der Waals surface area contributed by atoms with Crippen molar-refractivity contribution < 1.29 is 5.11 Å².